The Balaban J connectivity index is 0.000000720. The van der Waals surface area contributed by atoms with Gasteiger partial charge in [0.2, 0.25) is 0 Å². The van der Waals surface area contributed by atoms with Crippen LogP contribution in [0.3, 0.4) is 0 Å². The number of allylic oxidation sites excluding steroid dienone is 2. The molecule has 0 aliphatic carbocycles. The Hall–Kier alpha value is -1.05. The SMILES string of the molecule is C.CC=C1C(=O)N2C(C)=CC[C@H]12. The van der Waals surface area contributed by atoms with E-state index in [-0.39, 0.29) is 13.3 Å². The summed E-state index contributed by atoms with van der Waals surface area (Å²) >= 11 is 0. The molecule has 0 unspecified atom stereocenters. The van der Waals surface area contributed by atoms with Gasteiger partial charge in [-0.25, -0.2) is 0 Å². The van der Waals surface area contributed by atoms with E-state index in [2.05, 4.69) is 6.08 Å². The van der Waals surface area contributed by atoms with Crippen LogP contribution in [0.15, 0.2) is 23.4 Å². The Labute approximate surface area is 73.6 Å². The summed E-state index contributed by atoms with van der Waals surface area (Å²) in [6.07, 6.45) is 5.06. The molecule has 0 aromatic carbocycles. The van der Waals surface area contributed by atoms with Gasteiger partial charge >= 0.3 is 0 Å². The van der Waals surface area contributed by atoms with Crippen molar-refractivity contribution in [1.82, 2.24) is 4.90 Å². The van der Waals surface area contributed by atoms with Gasteiger partial charge in [0.05, 0.1) is 6.04 Å². The van der Waals surface area contributed by atoms with Gasteiger partial charge in [0, 0.05) is 11.3 Å². The summed E-state index contributed by atoms with van der Waals surface area (Å²) in [4.78, 5) is 13.2. The fourth-order valence-electron chi connectivity index (χ4n) is 1.83. The van der Waals surface area contributed by atoms with E-state index in [4.69, 9.17) is 0 Å². The number of rotatable bonds is 0. The Morgan fingerprint density at radius 3 is 2.92 bits per heavy atom. The van der Waals surface area contributed by atoms with Crippen molar-refractivity contribution in [1.29, 1.82) is 0 Å². The van der Waals surface area contributed by atoms with Gasteiger partial charge in [-0.2, -0.15) is 0 Å². The first kappa shape index (κ1) is 9.04. The highest BCUT2D eigenvalue weighted by Crippen LogP contribution is 2.37. The molecule has 1 atom stereocenters. The molecule has 12 heavy (non-hydrogen) atoms. The molecule has 2 heteroatoms. The largest absolute Gasteiger partial charge is 0.305 e. The second-order valence-electron chi connectivity index (χ2n) is 3.02. The van der Waals surface area contributed by atoms with Crippen molar-refractivity contribution in [3.63, 3.8) is 0 Å². The Bertz CT molecular complexity index is 276. The summed E-state index contributed by atoms with van der Waals surface area (Å²) in [5.41, 5.74) is 2.10. The minimum atomic E-state index is 0. The molecule has 1 amide bonds. The minimum absolute atomic E-state index is 0. The van der Waals surface area contributed by atoms with Crippen LogP contribution in [0, 0.1) is 0 Å². The van der Waals surface area contributed by atoms with Gasteiger partial charge in [-0.1, -0.05) is 19.6 Å². The van der Waals surface area contributed by atoms with Gasteiger partial charge in [0.1, 0.15) is 0 Å². The first-order valence-electron chi connectivity index (χ1n) is 3.92. The van der Waals surface area contributed by atoms with Crippen LogP contribution in [0.4, 0.5) is 0 Å². The summed E-state index contributed by atoms with van der Waals surface area (Å²) < 4.78 is 0. The van der Waals surface area contributed by atoms with Crippen LogP contribution in [0.5, 0.6) is 0 Å². The molecule has 2 heterocycles. The lowest BCUT2D eigenvalue weighted by Crippen LogP contribution is -2.50. The van der Waals surface area contributed by atoms with Crippen LogP contribution < -0.4 is 0 Å². The van der Waals surface area contributed by atoms with Crippen LogP contribution in [-0.4, -0.2) is 16.8 Å². The van der Waals surface area contributed by atoms with Crippen molar-refractivity contribution in [3.8, 4) is 0 Å². The summed E-state index contributed by atoms with van der Waals surface area (Å²) in [6, 6.07) is 0.382. The number of carbonyl (C=O) groups excluding carboxylic acids is 1. The average molecular weight is 165 g/mol. The summed E-state index contributed by atoms with van der Waals surface area (Å²) in [5.74, 6) is 0.198. The van der Waals surface area contributed by atoms with E-state index in [0.717, 1.165) is 17.7 Å². The monoisotopic (exact) mass is 165 g/mol. The zero-order valence-corrected chi connectivity index (χ0v) is 6.79. The third-order valence-corrected chi connectivity index (χ3v) is 2.46. The smallest absolute Gasteiger partial charge is 0.256 e. The van der Waals surface area contributed by atoms with Crippen LogP contribution in [0.2, 0.25) is 0 Å². The molecule has 2 rings (SSSR count). The average Bonchev–Trinajstić information content (AvgIpc) is 2.28. The molecule has 2 nitrogen and oxygen atoms in total. The molecule has 0 N–H and O–H groups in total. The maximum absolute atomic E-state index is 11.3. The highest BCUT2D eigenvalue weighted by atomic mass is 16.2. The number of nitrogens with zero attached hydrogens (tertiary/aromatic N) is 1. The third kappa shape index (κ3) is 0.840. The van der Waals surface area contributed by atoms with Crippen molar-refractivity contribution < 1.29 is 4.79 Å². The van der Waals surface area contributed by atoms with Gasteiger partial charge in [0.25, 0.3) is 5.91 Å². The molecule has 0 bridgehead atoms. The van der Waals surface area contributed by atoms with Crippen molar-refractivity contribution in [2.75, 3.05) is 0 Å². The van der Waals surface area contributed by atoms with E-state index in [1.54, 1.807) is 0 Å². The van der Waals surface area contributed by atoms with Gasteiger partial charge in [-0.15, -0.1) is 0 Å². The van der Waals surface area contributed by atoms with Gasteiger partial charge in [-0.3, -0.25) is 4.79 Å². The summed E-state index contributed by atoms with van der Waals surface area (Å²) in [7, 11) is 0. The zero-order valence-electron chi connectivity index (χ0n) is 6.79. The lowest BCUT2D eigenvalue weighted by Gasteiger charge is -2.38. The normalized spacial score (nSPS) is 29.3. The Kier molecular flexibility index (Phi) is 2.09. The number of hydrogen-bond donors (Lipinski definition) is 0. The van der Waals surface area contributed by atoms with E-state index >= 15 is 0 Å². The molecule has 66 valence electrons. The number of β-lactam (4-membered cyclic amide) rings is 1. The minimum Gasteiger partial charge on any atom is -0.305 e. The second-order valence-corrected chi connectivity index (χ2v) is 3.02. The molecule has 1 fully saturated rings. The highest BCUT2D eigenvalue weighted by molar-refractivity contribution is 6.03. The second kappa shape index (κ2) is 2.77. The molecule has 0 aromatic heterocycles. The lowest BCUT2D eigenvalue weighted by atomic mass is 9.95. The van der Waals surface area contributed by atoms with Crippen molar-refractivity contribution in [2.24, 2.45) is 0 Å². The zero-order chi connectivity index (χ0) is 8.01. The van der Waals surface area contributed by atoms with Crippen LogP contribution >= 0.6 is 0 Å². The summed E-state index contributed by atoms with van der Waals surface area (Å²) in [5, 5.41) is 0. The molecule has 0 radical (unpaired) electrons. The molecule has 0 aromatic rings. The van der Waals surface area contributed by atoms with Gasteiger partial charge < -0.3 is 4.90 Å². The fraction of sp³-hybridized carbons (Fsp3) is 0.500. The van der Waals surface area contributed by atoms with Crippen molar-refractivity contribution >= 4 is 5.91 Å². The Morgan fingerprint density at radius 2 is 2.33 bits per heavy atom. The van der Waals surface area contributed by atoms with Gasteiger partial charge in [0.15, 0.2) is 0 Å². The molecular formula is C10H15NO. The fourth-order valence-corrected chi connectivity index (χ4v) is 1.83. The van der Waals surface area contributed by atoms with Gasteiger partial charge in [-0.05, 0) is 20.3 Å². The number of fused-ring (bicyclic) bond motifs is 1. The van der Waals surface area contributed by atoms with Crippen LogP contribution in [0.1, 0.15) is 27.7 Å². The molecule has 2 aliphatic rings. The molecule has 0 spiro atoms. The van der Waals surface area contributed by atoms with E-state index in [1.807, 2.05) is 24.8 Å². The standard InChI is InChI=1S/C9H11NO.CH4/c1-3-7-8-5-4-6(2)10(8)9(7)11;/h3-4,8H,5H2,1-2H3;1H4/t8-;/m1./s1. The molecule has 1 saturated heterocycles. The molecule has 0 saturated carbocycles. The maximum atomic E-state index is 11.3. The van der Waals surface area contributed by atoms with E-state index in [9.17, 15) is 4.79 Å². The predicted octanol–water partition coefficient (Wildman–Crippen LogP) is 2.09. The topological polar surface area (TPSA) is 20.3 Å². The van der Waals surface area contributed by atoms with Crippen molar-refractivity contribution in [2.45, 2.75) is 33.7 Å². The summed E-state index contributed by atoms with van der Waals surface area (Å²) in [6.45, 7) is 3.92. The van der Waals surface area contributed by atoms with Crippen LogP contribution in [0.25, 0.3) is 0 Å². The quantitative estimate of drug-likeness (QED) is 0.397. The first-order valence-corrected chi connectivity index (χ1v) is 3.92. The molecular weight excluding hydrogens is 150 g/mol. The van der Waals surface area contributed by atoms with E-state index in [0.29, 0.717) is 6.04 Å². The number of carbonyl (C=O) groups is 1. The number of amides is 1. The maximum Gasteiger partial charge on any atom is 0.256 e. The highest BCUT2D eigenvalue weighted by Gasteiger charge is 2.44. The van der Waals surface area contributed by atoms with Crippen LogP contribution in [-0.2, 0) is 4.79 Å². The first-order chi connectivity index (χ1) is 5.25. The molecule has 2 aliphatic heterocycles. The lowest BCUT2D eigenvalue weighted by molar-refractivity contribution is -0.133. The Morgan fingerprint density at radius 1 is 1.67 bits per heavy atom. The third-order valence-electron chi connectivity index (χ3n) is 2.46. The van der Waals surface area contributed by atoms with E-state index < -0.39 is 0 Å². The number of hydrogen-bond acceptors (Lipinski definition) is 1. The predicted molar refractivity (Wildman–Crippen MR) is 49.5 cm³/mol. The van der Waals surface area contributed by atoms with Crippen molar-refractivity contribution in [3.05, 3.63) is 23.4 Å². The van der Waals surface area contributed by atoms with E-state index in [1.165, 1.54) is 0 Å².